The summed E-state index contributed by atoms with van der Waals surface area (Å²) in [6.45, 7) is 0.205. The Labute approximate surface area is 125 Å². The lowest BCUT2D eigenvalue weighted by molar-refractivity contribution is -0.115. The van der Waals surface area contributed by atoms with Gasteiger partial charge < -0.3 is 15.7 Å². The quantitative estimate of drug-likeness (QED) is 0.769. The van der Waals surface area contributed by atoms with Gasteiger partial charge in [0.2, 0.25) is 5.91 Å². The molecule has 0 bridgehead atoms. The molecule has 0 heterocycles. The molecule has 1 aliphatic rings. The van der Waals surface area contributed by atoms with Gasteiger partial charge >= 0.3 is 5.97 Å². The van der Waals surface area contributed by atoms with Crippen molar-refractivity contribution in [3.8, 4) is 0 Å². The molecule has 20 heavy (non-hydrogen) atoms. The second-order valence-electron chi connectivity index (χ2n) is 4.91. The number of carbonyl (C=O) groups excluding carboxylic acids is 1. The minimum Gasteiger partial charge on any atom is -0.478 e. The first-order valence-electron chi connectivity index (χ1n) is 6.62. The zero-order valence-corrected chi connectivity index (χ0v) is 12.6. The molecule has 5 nitrogen and oxygen atoms in total. The summed E-state index contributed by atoms with van der Waals surface area (Å²) in [6.07, 6.45) is 4.61. The number of carboxylic acid groups (broad SMARTS) is 1. The zero-order valence-electron chi connectivity index (χ0n) is 11.0. The molecule has 2 rings (SSSR count). The van der Waals surface area contributed by atoms with Crippen LogP contribution in [0.25, 0.3) is 0 Å². The number of benzene rings is 1. The number of rotatable bonds is 5. The van der Waals surface area contributed by atoms with Gasteiger partial charge in [-0.2, -0.15) is 0 Å². The largest absolute Gasteiger partial charge is 0.478 e. The summed E-state index contributed by atoms with van der Waals surface area (Å²) in [5.74, 6) is -1.28. The van der Waals surface area contributed by atoms with E-state index in [9.17, 15) is 9.59 Å². The minimum atomic E-state index is -1.06. The van der Waals surface area contributed by atoms with Crippen LogP contribution in [0.3, 0.4) is 0 Å². The molecular formula is C14H17BrN2O3. The smallest absolute Gasteiger partial charge is 0.337 e. The Morgan fingerprint density at radius 3 is 2.65 bits per heavy atom. The molecule has 1 saturated carbocycles. The molecular weight excluding hydrogens is 324 g/mol. The summed E-state index contributed by atoms with van der Waals surface area (Å²) in [6, 6.07) is 5.10. The molecule has 1 amide bonds. The van der Waals surface area contributed by atoms with Crippen molar-refractivity contribution in [2.75, 3.05) is 11.9 Å². The van der Waals surface area contributed by atoms with Crippen LogP contribution in [-0.2, 0) is 4.79 Å². The van der Waals surface area contributed by atoms with E-state index in [-0.39, 0.29) is 18.0 Å². The third-order valence-corrected chi connectivity index (χ3v) is 3.89. The molecule has 6 heteroatoms. The number of hydrogen-bond donors (Lipinski definition) is 3. The minimum absolute atomic E-state index is 0.0856. The third-order valence-electron chi connectivity index (χ3n) is 3.39. The van der Waals surface area contributed by atoms with Crippen molar-refractivity contribution in [2.45, 2.75) is 31.7 Å². The van der Waals surface area contributed by atoms with E-state index >= 15 is 0 Å². The average molecular weight is 341 g/mol. The Bertz CT molecular complexity index is 513. The first kappa shape index (κ1) is 15.0. The molecule has 0 atom stereocenters. The molecule has 1 fully saturated rings. The second-order valence-corrected chi connectivity index (χ2v) is 5.82. The van der Waals surface area contributed by atoms with Gasteiger partial charge in [-0.05, 0) is 31.0 Å². The highest BCUT2D eigenvalue weighted by Gasteiger charge is 2.17. The van der Waals surface area contributed by atoms with Crippen LogP contribution in [0.1, 0.15) is 36.0 Å². The number of anilines is 1. The lowest BCUT2D eigenvalue weighted by Gasteiger charge is -2.13. The van der Waals surface area contributed by atoms with Crippen LogP contribution < -0.4 is 10.6 Å². The topological polar surface area (TPSA) is 78.4 Å². The van der Waals surface area contributed by atoms with Crippen LogP contribution in [0, 0.1) is 0 Å². The van der Waals surface area contributed by atoms with Crippen LogP contribution in [0.2, 0.25) is 0 Å². The fourth-order valence-electron chi connectivity index (χ4n) is 2.37. The summed E-state index contributed by atoms with van der Waals surface area (Å²) >= 11 is 3.27. The van der Waals surface area contributed by atoms with Crippen molar-refractivity contribution >= 4 is 33.5 Å². The van der Waals surface area contributed by atoms with E-state index in [1.807, 2.05) is 0 Å². The third kappa shape index (κ3) is 4.05. The Balaban J connectivity index is 1.96. The van der Waals surface area contributed by atoms with E-state index in [0.29, 0.717) is 11.7 Å². The van der Waals surface area contributed by atoms with Gasteiger partial charge in [0.1, 0.15) is 0 Å². The number of hydrogen-bond acceptors (Lipinski definition) is 3. The van der Waals surface area contributed by atoms with Crippen molar-refractivity contribution in [2.24, 2.45) is 0 Å². The van der Waals surface area contributed by atoms with E-state index in [1.54, 1.807) is 12.1 Å². The van der Waals surface area contributed by atoms with Gasteiger partial charge in [0, 0.05) is 10.5 Å². The highest BCUT2D eigenvalue weighted by Crippen LogP contribution is 2.21. The van der Waals surface area contributed by atoms with Gasteiger partial charge in [0.15, 0.2) is 0 Å². The maximum atomic E-state index is 11.9. The summed E-state index contributed by atoms with van der Waals surface area (Å²) in [5.41, 5.74) is 0.396. The van der Waals surface area contributed by atoms with Gasteiger partial charge in [0.25, 0.3) is 0 Å². The Morgan fingerprint density at radius 1 is 1.30 bits per heavy atom. The van der Waals surface area contributed by atoms with E-state index in [0.717, 1.165) is 17.3 Å². The van der Waals surface area contributed by atoms with E-state index in [1.165, 1.54) is 18.9 Å². The van der Waals surface area contributed by atoms with Crippen molar-refractivity contribution in [1.29, 1.82) is 0 Å². The maximum absolute atomic E-state index is 11.9. The first-order chi connectivity index (χ1) is 9.56. The number of nitrogens with one attached hydrogen (secondary N) is 2. The van der Waals surface area contributed by atoms with Crippen LogP contribution >= 0.6 is 15.9 Å². The van der Waals surface area contributed by atoms with Crippen LogP contribution in [0.5, 0.6) is 0 Å². The lowest BCUT2D eigenvalue weighted by atomic mass is 10.2. The monoisotopic (exact) mass is 340 g/mol. The van der Waals surface area contributed by atoms with E-state index in [2.05, 4.69) is 26.6 Å². The summed E-state index contributed by atoms with van der Waals surface area (Å²) in [5, 5.41) is 14.9. The second kappa shape index (κ2) is 6.85. The Kier molecular flexibility index (Phi) is 5.14. The van der Waals surface area contributed by atoms with Gasteiger partial charge in [-0.25, -0.2) is 4.79 Å². The predicted molar refractivity (Wildman–Crippen MR) is 80.0 cm³/mol. The number of aromatic carboxylic acids is 1. The standard InChI is InChI=1S/C14H17BrN2O3/c15-9-5-6-11(14(19)20)12(7-9)17-13(18)8-16-10-3-1-2-4-10/h5-7,10,16H,1-4,8H2,(H,17,18)(H,19,20). The number of halogens is 1. The number of amides is 1. The summed E-state index contributed by atoms with van der Waals surface area (Å²) in [4.78, 5) is 23.0. The fraction of sp³-hybridized carbons (Fsp3) is 0.429. The molecule has 0 radical (unpaired) electrons. The van der Waals surface area contributed by atoms with E-state index < -0.39 is 5.97 Å². The molecule has 0 aliphatic heterocycles. The average Bonchev–Trinajstić information content (AvgIpc) is 2.89. The van der Waals surface area contributed by atoms with Crippen LogP contribution in [-0.4, -0.2) is 29.6 Å². The molecule has 3 N–H and O–H groups in total. The van der Waals surface area contributed by atoms with Crippen molar-refractivity contribution in [3.05, 3.63) is 28.2 Å². The van der Waals surface area contributed by atoms with Gasteiger partial charge in [-0.3, -0.25) is 4.79 Å². The summed E-state index contributed by atoms with van der Waals surface area (Å²) in [7, 11) is 0. The maximum Gasteiger partial charge on any atom is 0.337 e. The van der Waals surface area contributed by atoms with Crippen LogP contribution in [0.15, 0.2) is 22.7 Å². The van der Waals surface area contributed by atoms with E-state index in [4.69, 9.17) is 5.11 Å². The highest BCUT2D eigenvalue weighted by molar-refractivity contribution is 9.10. The zero-order chi connectivity index (χ0) is 14.5. The molecule has 0 unspecified atom stereocenters. The Morgan fingerprint density at radius 2 is 2.00 bits per heavy atom. The normalized spacial score (nSPS) is 15.2. The molecule has 1 aromatic carbocycles. The predicted octanol–water partition coefficient (Wildman–Crippen LogP) is 2.62. The van der Waals surface area contributed by atoms with Crippen molar-refractivity contribution < 1.29 is 14.7 Å². The number of carboxylic acids is 1. The molecule has 0 spiro atoms. The Hall–Kier alpha value is -1.40. The SMILES string of the molecule is O=C(CNC1CCCC1)Nc1cc(Br)ccc1C(=O)O. The molecule has 0 saturated heterocycles. The van der Waals surface area contributed by atoms with Crippen molar-refractivity contribution in [1.82, 2.24) is 5.32 Å². The lowest BCUT2D eigenvalue weighted by Crippen LogP contribution is -2.34. The van der Waals surface area contributed by atoms with Gasteiger partial charge in [0.05, 0.1) is 17.8 Å². The summed E-state index contributed by atoms with van der Waals surface area (Å²) < 4.78 is 0.724. The van der Waals surface area contributed by atoms with Gasteiger partial charge in [-0.1, -0.05) is 28.8 Å². The van der Waals surface area contributed by atoms with Gasteiger partial charge in [-0.15, -0.1) is 0 Å². The number of carbonyl (C=O) groups is 2. The molecule has 108 valence electrons. The molecule has 0 aromatic heterocycles. The molecule has 1 aromatic rings. The highest BCUT2D eigenvalue weighted by atomic mass is 79.9. The van der Waals surface area contributed by atoms with Crippen LogP contribution in [0.4, 0.5) is 5.69 Å². The fourth-order valence-corrected chi connectivity index (χ4v) is 2.73. The first-order valence-corrected chi connectivity index (χ1v) is 7.41. The molecule has 1 aliphatic carbocycles. The van der Waals surface area contributed by atoms with Crippen molar-refractivity contribution in [3.63, 3.8) is 0 Å².